The summed E-state index contributed by atoms with van der Waals surface area (Å²) >= 11 is 1.56. The highest BCUT2D eigenvalue weighted by molar-refractivity contribution is 7.09. The SMILES string of the molecule is CCc1csc(CNC(=O)c2cc(C)n3nc(C)cc3n2)n1. The smallest absolute Gasteiger partial charge is 0.270 e. The third-order valence-electron chi connectivity index (χ3n) is 3.32. The van der Waals surface area contributed by atoms with Crippen LogP contribution in [-0.4, -0.2) is 25.5 Å². The van der Waals surface area contributed by atoms with Crippen molar-refractivity contribution in [2.75, 3.05) is 0 Å². The molecule has 0 saturated heterocycles. The van der Waals surface area contributed by atoms with Crippen LogP contribution in [0.15, 0.2) is 17.5 Å². The van der Waals surface area contributed by atoms with Crippen LogP contribution in [0.25, 0.3) is 5.65 Å². The first-order chi connectivity index (χ1) is 10.6. The summed E-state index contributed by atoms with van der Waals surface area (Å²) in [6.07, 6.45) is 0.905. The maximum Gasteiger partial charge on any atom is 0.270 e. The van der Waals surface area contributed by atoms with Crippen LogP contribution in [0, 0.1) is 13.8 Å². The van der Waals surface area contributed by atoms with Gasteiger partial charge in [0.15, 0.2) is 5.65 Å². The lowest BCUT2D eigenvalue weighted by atomic mass is 10.3. The van der Waals surface area contributed by atoms with Gasteiger partial charge in [-0.3, -0.25) is 4.79 Å². The molecule has 7 heteroatoms. The van der Waals surface area contributed by atoms with Gasteiger partial charge in [-0.1, -0.05) is 6.92 Å². The first-order valence-corrected chi connectivity index (χ1v) is 8.00. The molecule has 22 heavy (non-hydrogen) atoms. The van der Waals surface area contributed by atoms with E-state index in [1.807, 2.05) is 25.3 Å². The lowest BCUT2D eigenvalue weighted by molar-refractivity contribution is 0.0946. The molecule has 1 amide bonds. The van der Waals surface area contributed by atoms with Crippen molar-refractivity contribution in [1.29, 1.82) is 0 Å². The Morgan fingerprint density at radius 2 is 2.14 bits per heavy atom. The number of amides is 1. The van der Waals surface area contributed by atoms with Crippen molar-refractivity contribution < 1.29 is 4.79 Å². The number of fused-ring (bicyclic) bond motifs is 1. The molecule has 0 aliphatic heterocycles. The van der Waals surface area contributed by atoms with Crippen molar-refractivity contribution in [3.05, 3.63) is 45.3 Å². The Kier molecular flexibility index (Phi) is 3.89. The lowest BCUT2D eigenvalue weighted by Gasteiger charge is -2.05. The monoisotopic (exact) mass is 315 g/mol. The van der Waals surface area contributed by atoms with E-state index >= 15 is 0 Å². The number of carbonyl (C=O) groups is 1. The molecule has 3 aromatic heterocycles. The van der Waals surface area contributed by atoms with E-state index in [2.05, 4.69) is 27.3 Å². The highest BCUT2D eigenvalue weighted by Gasteiger charge is 2.12. The van der Waals surface area contributed by atoms with E-state index in [1.54, 1.807) is 21.9 Å². The van der Waals surface area contributed by atoms with E-state index in [-0.39, 0.29) is 5.91 Å². The minimum atomic E-state index is -0.197. The Balaban J connectivity index is 1.76. The molecule has 0 saturated carbocycles. The van der Waals surface area contributed by atoms with Crippen LogP contribution in [0.4, 0.5) is 0 Å². The molecule has 0 aliphatic carbocycles. The summed E-state index contributed by atoms with van der Waals surface area (Å²) in [5.41, 5.74) is 3.90. The summed E-state index contributed by atoms with van der Waals surface area (Å²) < 4.78 is 1.74. The Labute approximate surface area is 132 Å². The average molecular weight is 315 g/mol. The minimum Gasteiger partial charge on any atom is -0.344 e. The Morgan fingerprint density at radius 3 is 2.86 bits per heavy atom. The number of nitrogens with zero attached hydrogens (tertiary/aromatic N) is 4. The second-order valence-corrected chi connectivity index (χ2v) is 6.05. The van der Waals surface area contributed by atoms with Crippen molar-refractivity contribution in [3.63, 3.8) is 0 Å². The largest absolute Gasteiger partial charge is 0.344 e. The van der Waals surface area contributed by atoms with E-state index in [4.69, 9.17) is 0 Å². The second kappa shape index (κ2) is 5.84. The number of carbonyl (C=O) groups excluding carboxylic acids is 1. The molecule has 0 atom stereocenters. The molecule has 3 heterocycles. The number of nitrogens with one attached hydrogen (secondary N) is 1. The molecule has 1 N–H and O–H groups in total. The van der Waals surface area contributed by atoms with Crippen LogP contribution in [0.5, 0.6) is 0 Å². The van der Waals surface area contributed by atoms with Crippen LogP contribution in [-0.2, 0) is 13.0 Å². The molecular formula is C15H17N5OS. The summed E-state index contributed by atoms with van der Waals surface area (Å²) in [7, 11) is 0. The lowest BCUT2D eigenvalue weighted by Crippen LogP contribution is -2.24. The van der Waals surface area contributed by atoms with Crippen LogP contribution >= 0.6 is 11.3 Å². The zero-order valence-corrected chi connectivity index (χ0v) is 13.6. The van der Waals surface area contributed by atoms with Gasteiger partial charge in [-0.2, -0.15) is 5.10 Å². The van der Waals surface area contributed by atoms with Gasteiger partial charge >= 0.3 is 0 Å². The van der Waals surface area contributed by atoms with Gasteiger partial charge in [0.2, 0.25) is 0 Å². The number of thiazole rings is 1. The van der Waals surface area contributed by atoms with Crippen LogP contribution in [0.1, 0.15) is 39.5 Å². The van der Waals surface area contributed by atoms with E-state index in [9.17, 15) is 4.79 Å². The molecule has 0 aromatic carbocycles. The van der Waals surface area contributed by atoms with Crippen molar-refractivity contribution in [1.82, 2.24) is 24.9 Å². The Hall–Kier alpha value is -2.28. The maximum absolute atomic E-state index is 12.3. The van der Waals surface area contributed by atoms with Crippen molar-refractivity contribution >= 4 is 22.9 Å². The zero-order chi connectivity index (χ0) is 15.7. The third kappa shape index (κ3) is 2.85. The number of rotatable bonds is 4. The summed E-state index contributed by atoms with van der Waals surface area (Å²) in [5.74, 6) is -0.197. The molecule has 114 valence electrons. The molecule has 0 unspecified atom stereocenters. The predicted molar refractivity (Wildman–Crippen MR) is 85.1 cm³/mol. The predicted octanol–water partition coefficient (Wildman–Crippen LogP) is 2.30. The fraction of sp³-hybridized carbons (Fsp3) is 0.333. The van der Waals surface area contributed by atoms with Gasteiger partial charge in [-0.25, -0.2) is 14.5 Å². The quantitative estimate of drug-likeness (QED) is 0.802. The molecule has 3 aromatic rings. The van der Waals surface area contributed by atoms with E-state index in [0.717, 1.165) is 28.5 Å². The van der Waals surface area contributed by atoms with Gasteiger partial charge in [0.05, 0.1) is 17.9 Å². The average Bonchev–Trinajstić information content (AvgIpc) is 3.10. The van der Waals surface area contributed by atoms with Gasteiger partial charge in [-0.15, -0.1) is 11.3 Å². The molecule has 0 spiro atoms. The molecule has 0 radical (unpaired) electrons. The third-order valence-corrected chi connectivity index (χ3v) is 4.22. The highest BCUT2D eigenvalue weighted by atomic mass is 32.1. The number of aryl methyl sites for hydroxylation is 3. The van der Waals surface area contributed by atoms with E-state index < -0.39 is 0 Å². The molecular weight excluding hydrogens is 298 g/mol. The normalized spacial score (nSPS) is 11.0. The fourth-order valence-corrected chi connectivity index (χ4v) is 3.01. The summed E-state index contributed by atoms with van der Waals surface area (Å²) in [5, 5.41) is 10.1. The molecule has 6 nitrogen and oxygen atoms in total. The molecule has 0 aliphatic rings. The summed E-state index contributed by atoms with van der Waals surface area (Å²) in [6.45, 7) is 6.30. The first kappa shape index (κ1) is 14.6. The van der Waals surface area contributed by atoms with Gasteiger partial charge in [0.1, 0.15) is 10.7 Å². The fourth-order valence-electron chi connectivity index (χ4n) is 2.19. The molecule has 3 rings (SSSR count). The van der Waals surface area contributed by atoms with E-state index in [0.29, 0.717) is 17.9 Å². The summed E-state index contributed by atoms with van der Waals surface area (Å²) in [4.78, 5) is 21.1. The first-order valence-electron chi connectivity index (χ1n) is 7.12. The van der Waals surface area contributed by atoms with Crippen molar-refractivity contribution in [2.24, 2.45) is 0 Å². The second-order valence-electron chi connectivity index (χ2n) is 5.11. The van der Waals surface area contributed by atoms with Crippen LogP contribution in [0.2, 0.25) is 0 Å². The molecule has 0 fully saturated rings. The van der Waals surface area contributed by atoms with Crippen molar-refractivity contribution in [3.8, 4) is 0 Å². The summed E-state index contributed by atoms with van der Waals surface area (Å²) in [6, 6.07) is 3.60. The minimum absolute atomic E-state index is 0.197. The number of aromatic nitrogens is 4. The van der Waals surface area contributed by atoms with Crippen molar-refractivity contribution in [2.45, 2.75) is 33.7 Å². The maximum atomic E-state index is 12.3. The Bertz CT molecular complexity index is 836. The highest BCUT2D eigenvalue weighted by Crippen LogP contribution is 2.11. The number of hydrogen-bond acceptors (Lipinski definition) is 5. The van der Waals surface area contributed by atoms with Crippen LogP contribution in [0.3, 0.4) is 0 Å². The van der Waals surface area contributed by atoms with Gasteiger partial charge in [-0.05, 0) is 26.3 Å². The van der Waals surface area contributed by atoms with Gasteiger partial charge < -0.3 is 5.32 Å². The van der Waals surface area contributed by atoms with Gasteiger partial charge in [0.25, 0.3) is 5.91 Å². The topological polar surface area (TPSA) is 72.2 Å². The Morgan fingerprint density at radius 1 is 1.32 bits per heavy atom. The van der Waals surface area contributed by atoms with Gasteiger partial charge in [0, 0.05) is 17.1 Å². The standard InChI is InChI=1S/C15H17N5OS/c1-4-11-8-22-14(17-11)7-16-15(21)12-6-10(3)20-13(18-12)5-9(2)19-20/h5-6,8H,4,7H2,1-3H3,(H,16,21). The number of hydrogen-bond donors (Lipinski definition) is 1. The van der Waals surface area contributed by atoms with Crippen LogP contribution < -0.4 is 5.32 Å². The molecule has 0 bridgehead atoms. The zero-order valence-electron chi connectivity index (χ0n) is 12.8. The van der Waals surface area contributed by atoms with E-state index in [1.165, 1.54) is 0 Å².